The number of carboxylic acids is 2. The van der Waals surface area contributed by atoms with E-state index in [1.165, 1.54) is 10.3 Å². The number of rotatable bonds is 7. The monoisotopic (exact) mass is 668 g/mol. The molecule has 4 rings (SSSR count). The Kier molecular flexibility index (Phi) is 13.4. The van der Waals surface area contributed by atoms with E-state index < -0.39 is 36.1 Å². The summed E-state index contributed by atoms with van der Waals surface area (Å²) >= 11 is 0. The number of carboxylic acid groups (broad SMARTS) is 2. The van der Waals surface area contributed by atoms with Crippen molar-refractivity contribution in [2.75, 3.05) is 37.6 Å². The highest BCUT2D eigenvalue weighted by atomic mass is 19.4. The lowest BCUT2D eigenvalue weighted by Crippen LogP contribution is -2.43. The molecule has 0 saturated carbocycles. The van der Waals surface area contributed by atoms with Crippen molar-refractivity contribution in [3.8, 4) is 11.1 Å². The number of alkyl halides is 6. The molecule has 0 bridgehead atoms. The van der Waals surface area contributed by atoms with Crippen molar-refractivity contribution in [1.82, 2.24) is 20.1 Å². The number of benzene rings is 2. The Morgan fingerprint density at radius 3 is 1.89 bits per heavy atom. The molecule has 0 radical (unpaired) electrons. The number of H-pyrrole nitrogens is 1. The second-order valence-corrected chi connectivity index (χ2v) is 9.32. The van der Waals surface area contributed by atoms with E-state index in [1.807, 2.05) is 24.3 Å². The highest BCUT2D eigenvalue weighted by Gasteiger charge is 2.38. The minimum atomic E-state index is -5.08. The fourth-order valence-corrected chi connectivity index (χ4v) is 3.94. The fraction of sp³-hybridized carbons (Fsp3) is 0.333. The number of aliphatic carboxylic acids is 2. The Morgan fingerprint density at radius 1 is 0.891 bits per heavy atom. The van der Waals surface area contributed by atoms with Crippen molar-refractivity contribution < 1.29 is 54.9 Å². The standard InChI is InChI=1S/C23H26F2N6O.2C2HF3O2/c24-22(25)18(14-26)13-21-28-29-23(32)31(21)15-17-3-1-2-4-20(17)16-5-7-19(8-6-16)30-11-9-27-10-12-30;2*3-2(4,5)1(6)7/h1-8,27H,9-15,26H2,(H,29,32);2*(H,6,7). The van der Waals surface area contributed by atoms with Crippen molar-refractivity contribution in [3.05, 3.63) is 82.1 Å². The Bertz CT molecular complexity index is 1520. The Labute approximate surface area is 254 Å². The molecule has 0 spiro atoms. The molecule has 0 amide bonds. The molecule has 1 aliphatic heterocycles. The maximum Gasteiger partial charge on any atom is 0.490 e. The van der Waals surface area contributed by atoms with Crippen molar-refractivity contribution in [3.63, 3.8) is 0 Å². The van der Waals surface area contributed by atoms with Gasteiger partial charge in [-0.15, -0.1) is 0 Å². The number of nitrogens with zero attached hydrogens (tertiary/aromatic N) is 3. The van der Waals surface area contributed by atoms with Crippen LogP contribution in [0.3, 0.4) is 0 Å². The zero-order valence-corrected chi connectivity index (χ0v) is 23.6. The van der Waals surface area contributed by atoms with Crippen molar-refractivity contribution in [2.24, 2.45) is 5.73 Å². The van der Waals surface area contributed by atoms with Crippen LogP contribution < -0.4 is 21.6 Å². The maximum absolute atomic E-state index is 13.1. The summed E-state index contributed by atoms with van der Waals surface area (Å²) in [6, 6.07) is 16.1. The summed E-state index contributed by atoms with van der Waals surface area (Å²) in [5.74, 6) is -5.29. The van der Waals surface area contributed by atoms with Crippen LogP contribution in [0.1, 0.15) is 11.4 Å². The van der Waals surface area contributed by atoms with E-state index in [0.29, 0.717) is 0 Å². The molecule has 1 saturated heterocycles. The normalized spacial score (nSPS) is 13.1. The predicted molar refractivity (Wildman–Crippen MR) is 148 cm³/mol. The van der Waals surface area contributed by atoms with E-state index in [9.17, 15) is 39.9 Å². The van der Waals surface area contributed by atoms with Gasteiger partial charge in [0.1, 0.15) is 5.82 Å². The average molecular weight is 669 g/mol. The van der Waals surface area contributed by atoms with Crippen LogP contribution in [0, 0.1) is 0 Å². The molecular weight excluding hydrogens is 640 g/mol. The van der Waals surface area contributed by atoms with E-state index in [1.54, 1.807) is 0 Å². The van der Waals surface area contributed by atoms with Gasteiger partial charge in [0, 0.05) is 50.4 Å². The third-order valence-corrected chi connectivity index (χ3v) is 6.21. The SMILES string of the molecule is NCC(Cc1n[nH]c(=O)n1Cc1ccccc1-c1ccc(N2CCNCC2)cc1)=C(F)F.O=C(O)C(F)(F)F.O=C(O)C(F)(F)F. The first-order valence-electron chi connectivity index (χ1n) is 13.1. The minimum absolute atomic E-state index is 0.181. The molecule has 46 heavy (non-hydrogen) atoms. The van der Waals surface area contributed by atoms with Crippen LogP contribution in [0.4, 0.5) is 40.8 Å². The third-order valence-electron chi connectivity index (χ3n) is 6.21. The lowest BCUT2D eigenvalue weighted by atomic mass is 9.99. The number of piperazine rings is 1. The van der Waals surface area contributed by atoms with Gasteiger partial charge in [-0.1, -0.05) is 36.4 Å². The maximum atomic E-state index is 13.1. The van der Waals surface area contributed by atoms with Crippen LogP contribution in [0.15, 0.2) is 65.0 Å². The summed E-state index contributed by atoms with van der Waals surface area (Å²) in [6.07, 6.45) is -12.2. The Morgan fingerprint density at radius 2 is 1.41 bits per heavy atom. The summed E-state index contributed by atoms with van der Waals surface area (Å²) < 4.78 is 91.0. The number of hydrogen-bond donors (Lipinski definition) is 5. The number of nitrogens with one attached hydrogen (secondary N) is 2. The zero-order valence-electron chi connectivity index (χ0n) is 23.6. The van der Waals surface area contributed by atoms with Crippen LogP contribution >= 0.6 is 0 Å². The molecule has 0 atom stereocenters. The highest BCUT2D eigenvalue weighted by molar-refractivity contribution is 5.73. The fourth-order valence-electron chi connectivity index (χ4n) is 3.94. The first-order valence-corrected chi connectivity index (χ1v) is 13.1. The van der Waals surface area contributed by atoms with Gasteiger partial charge < -0.3 is 26.2 Å². The second kappa shape index (κ2) is 16.5. The molecule has 1 fully saturated rings. The van der Waals surface area contributed by atoms with Gasteiger partial charge in [0.05, 0.1) is 6.54 Å². The van der Waals surface area contributed by atoms with Gasteiger partial charge >= 0.3 is 30.0 Å². The lowest BCUT2D eigenvalue weighted by molar-refractivity contribution is -0.193. The number of aromatic nitrogens is 3. The molecule has 6 N–H and O–H groups in total. The lowest BCUT2D eigenvalue weighted by Gasteiger charge is -2.29. The molecule has 0 aliphatic carbocycles. The van der Waals surface area contributed by atoms with E-state index in [2.05, 4.69) is 44.7 Å². The number of nitrogens with two attached hydrogens (primary N) is 1. The predicted octanol–water partition coefficient (Wildman–Crippen LogP) is 3.61. The van der Waals surface area contributed by atoms with Crippen molar-refractivity contribution in [1.29, 1.82) is 0 Å². The molecule has 11 nitrogen and oxygen atoms in total. The van der Waals surface area contributed by atoms with Gasteiger partial charge in [-0.25, -0.2) is 19.5 Å². The second-order valence-electron chi connectivity index (χ2n) is 9.32. The van der Waals surface area contributed by atoms with E-state index in [-0.39, 0.29) is 30.9 Å². The van der Waals surface area contributed by atoms with Crippen LogP contribution in [-0.4, -0.2) is 82.0 Å². The van der Waals surface area contributed by atoms with Gasteiger partial charge in [-0.2, -0.15) is 40.2 Å². The van der Waals surface area contributed by atoms with Gasteiger partial charge in [0.25, 0.3) is 6.08 Å². The van der Waals surface area contributed by atoms with Gasteiger partial charge in [0.15, 0.2) is 0 Å². The number of carbonyl (C=O) groups is 2. The first-order chi connectivity index (χ1) is 21.4. The summed E-state index contributed by atoms with van der Waals surface area (Å²) in [5.41, 5.74) is 8.82. The Hall–Kier alpha value is -4.78. The highest BCUT2D eigenvalue weighted by Crippen LogP contribution is 2.27. The van der Waals surface area contributed by atoms with Gasteiger partial charge in [0.2, 0.25) is 0 Å². The number of anilines is 1. The smallest absolute Gasteiger partial charge is 0.475 e. The molecule has 19 heteroatoms. The molecular formula is C27H28F8N6O5. The van der Waals surface area contributed by atoms with Crippen LogP contribution in [0.5, 0.6) is 0 Å². The molecule has 1 aromatic heterocycles. The largest absolute Gasteiger partial charge is 0.490 e. The van der Waals surface area contributed by atoms with Crippen molar-refractivity contribution in [2.45, 2.75) is 25.3 Å². The molecule has 2 aromatic carbocycles. The van der Waals surface area contributed by atoms with Crippen LogP contribution in [-0.2, 0) is 22.6 Å². The molecule has 252 valence electrons. The minimum Gasteiger partial charge on any atom is -0.475 e. The van der Waals surface area contributed by atoms with Crippen LogP contribution in [0.25, 0.3) is 11.1 Å². The van der Waals surface area contributed by atoms with E-state index >= 15 is 0 Å². The van der Waals surface area contributed by atoms with E-state index in [4.69, 9.17) is 25.5 Å². The average Bonchev–Trinajstić information content (AvgIpc) is 3.34. The summed E-state index contributed by atoms with van der Waals surface area (Å²) in [4.78, 5) is 32.5. The molecule has 1 aliphatic rings. The third kappa shape index (κ3) is 11.3. The number of hydrogen-bond acceptors (Lipinski definition) is 7. The zero-order chi connectivity index (χ0) is 34.7. The summed E-state index contributed by atoms with van der Waals surface area (Å²) in [5, 5.41) is 23.9. The van der Waals surface area contributed by atoms with Crippen molar-refractivity contribution >= 4 is 17.6 Å². The Balaban J connectivity index is 0.000000440. The van der Waals surface area contributed by atoms with Crippen LogP contribution in [0.2, 0.25) is 0 Å². The number of aromatic amines is 1. The topological polar surface area (TPSA) is 167 Å². The van der Waals surface area contributed by atoms with Gasteiger partial charge in [-0.05, 0) is 28.8 Å². The number of halogens is 8. The summed E-state index contributed by atoms with van der Waals surface area (Å²) in [6.45, 7) is 3.81. The molecule has 2 heterocycles. The van der Waals surface area contributed by atoms with Gasteiger partial charge in [-0.3, -0.25) is 4.57 Å². The molecule has 3 aromatic rings. The van der Waals surface area contributed by atoms with E-state index in [0.717, 1.165) is 42.9 Å². The summed E-state index contributed by atoms with van der Waals surface area (Å²) in [7, 11) is 0. The molecule has 0 unspecified atom stereocenters. The quantitative estimate of drug-likeness (QED) is 0.237. The first kappa shape index (κ1) is 37.4.